The Morgan fingerprint density at radius 1 is 1.14 bits per heavy atom. The Morgan fingerprint density at radius 2 is 1.76 bits per heavy atom. The van der Waals surface area contributed by atoms with Gasteiger partial charge < -0.3 is 10.2 Å². The molecule has 0 saturated heterocycles. The van der Waals surface area contributed by atoms with Crippen LogP contribution < -0.4 is 4.72 Å². The van der Waals surface area contributed by atoms with Gasteiger partial charge in [0.05, 0.1) is 11.0 Å². The summed E-state index contributed by atoms with van der Waals surface area (Å²) < 4.78 is 26.4. The Balaban J connectivity index is 2.39. The number of rotatable bonds is 5. The van der Waals surface area contributed by atoms with E-state index in [0.717, 1.165) is 10.8 Å². The average Bonchev–Trinajstić information content (AvgIpc) is 2.43. The molecule has 6 nitrogen and oxygen atoms in total. The van der Waals surface area contributed by atoms with Gasteiger partial charge in [-0.1, -0.05) is 30.3 Å². The summed E-state index contributed by atoms with van der Waals surface area (Å²) in [6.07, 6.45) is -1.35. The first-order chi connectivity index (χ1) is 9.81. The van der Waals surface area contributed by atoms with Gasteiger partial charge >= 0.3 is 5.97 Å². The molecule has 0 bridgehead atoms. The van der Waals surface area contributed by atoms with Gasteiger partial charge in [0.2, 0.25) is 10.0 Å². The molecule has 0 heterocycles. The maximum Gasteiger partial charge on any atom is 0.324 e. The molecule has 2 aromatic carbocycles. The van der Waals surface area contributed by atoms with Gasteiger partial charge in [-0.2, -0.15) is 4.72 Å². The Kier molecular flexibility index (Phi) is 4.26. The molecule has 21 heavy (non-hydrogen) atoms. The molecular weight excluding hydrogens is 294 g/mol. The second-order valence-corrected chi connectivity index (χ2v) is 6.40. The van der Waals surface area contributed by atoms with E-state index in [-0.39, 0.29) is 4.90 Å². The molecule has 0 aliphatic rings. The molecule has 112 valence electrons. The van der Waals surface area contributed by atoms with Gasteiger partial charge in [-0.3, -0.25) is 4.79 Å². The van der Waals surface area contributed by atoms with Crippen molar-refractivity contribution in [3.8, 4) is 0 Å². The standard InChI is InChI=1S/C14H15NO5S/c1-9(16)13(14(17)18)15-21(19,20)12-7-6-10-4-2-3-5-11(10)8-12/h2-9,13,15-16H,1H3,(H,17,18)/t9-,13+/m1/s1. The third-order valence-electron chi connectivity index (χ3n) is 3.06. The first-order valence-electron chi connectivity index (χ1n) is 6.23. The summed E-state index contributed by atoms with van der Waals surface area (Å²) >= 11 is 0. The number of sulfonamides is 1. The molecule has 0 fully saturated rings. The fourth-order valence-corrected chi connectivity index (χ4v) is 3.22. The van der Waals surface area contributed by atoms with Crippen LogP contribution in [0.5, 0.6) is 0 Å². The van der Waals surface area contributed by atoms with Crippen molar-refractivity contribution in [1.29, 1.82) is 0 Å². The van der Waals surface area contributed by atoms with E-state index in [2.05, 4.69) is 0 Å². The predicted octanol–water partition coefficient (Wildman–Crippen LogP) is 0.952. The summed E-state index contributed by atoms with van der Waals surface area (Å²) in [7, 11) is -4.03. The zero-order valence-electron chi connectivity index (χ0n) is 11.2. The van der Waals surface area contributed by atoms with E-state index in [1.165, 1.54) is 19.1 Å². The highest BCUT2D eigenvalue weighted by molar-refractivity contribution is 7.89. The number of aliphatic hydroxyl groups excluding tert-OH is 1. The van der Waals surface area contributed by atoms with Crippen molar-refractivity contribution in [2.24, 2.45) is 0 Å². The molecule has 0 aliphatic heterocycles. The Bertz CT molecular complexity index is 770. The molecule has 0 aromatic heterocycles. The number of hydrogen-bond acceptors (Lipinski definition) is 4. The summed E-state index contributed by atoms with van der Waals surface area (Å²) in [4.78, 5) is 10.9. The first-order valence-corrected chi connectivity index (χ1v) is 7.71. The molecule has 2 rings (SSSR count). The zero-order chi connectivity index (χ0) is 15.6. The molecule has 3 N–H and O–H groups in total. The minimum Gasteiger partial charge on any atom is -0.480 e. The van der Waals surface area contributed by atoms with E-state index in [0.29, 0.717) is 0 Å². The molecule has 2 atom stereocenters. The monoisotopic (exact) mass is 309 g/mol. The van der Waals surface area contributed by atoms with E-state index in [1.807, 2.05) is 16.9 Å². The van der Waals surface area contributed by atoms with E-state index in [9.17, 15) is 18.3 Å². The third-order valence-corrected chi connectivity index (χ3v) is 4.50. The summed E-state index contributed by atoms with van der Waals surface area (Å²) in [5.74, 6) is -1.44. The Hall–Kier alpha value is -1.96. The number of carboxylic acid groups (broad SMARTS) is 1. The maximum absolute atomic E-state index is 12.2. The highest BCUT2D eigenvalue weighted by atomic mass is 32.2. The van der Waals surface area contributed by atoms with Crippen molar-refractivity contribution >= 4 is 26.8 Å². The fourth-order valence-electron chi connectivity index (χ4n) is 1.92. The lowest BCUT2D eigenvalue weighted by molar-refractivity contribution is -0.141. The van der Waals surface area contributed by atoms with Crippen LogP contribution in [0.1, 0.15) is 6.92 Å². The topological polar surface area (TPSA) is 104 Å². The SMILES string of the molecule is C[C@@H](O)[C@H](NS(=O)(=O)c1ccc2ccccc2c1)C(=O)O. The minimum absolute atomic E-state index is 0.0481. The predicted molar refractivity (Wildman–Crippen MR) is 77.4 cm³/mol. The molecule has 0 amide bonds. The fraction of sp³-hybridized carbons (Fsp3) is 0.214. The molecule has 0 radical (unpaired) electrons. The van der Waals surface area contributed by atoms with Crippen LogP contribution in [0.15, 0.2) is 47.4 Å². The quantitative estimate of drug-likeness (QED) is 0.763. The second-order valence-electron chi connectivity index (χ2n) is 4.69. The molecule has 0 aliphatic carbocycles. The normalized spacial score (nSPS) is 14.8. The summed E-state index contributed by atoms with van der Waals surface area (Å²) in [5, 5.41) is 19.9. The van der Waals surface area contributed by atoms with Crippen LogP contribution in [0.25, 0.3) is 10.8 Å². The van der Waals surface area contributed by atoms with Gasteiger partial charge in [-0.25, -0.2) is 8.42 Å². The van der Waals surface area contributed by atoms with E-state index in [4.69, 9.17) is 5.11 Å². The minimum atomic E-state index is -4.03. The van der Waals surface area contributed by atoms with Gasteiger partial charge in [-0.05, 0) is 29.8 Å². The molecule has 2 aromatic rings. The number of benzene rings is 2. The van der Waals surface area contributed by atoms with Crippen molar-refractivity contribution < 1.29 is 23.4 Å². The Labute approximate surface area is 122 Å². The van der Waals surface area contributed by atoms with Crippen LogP contribution in [-0.2, 0) is 14.8 Å². The lowest BCUT2D eigenvalue weighted by Crippen LogP contribution is -2.47. The summed E-state index contributed by atoms with van der Waals surface area (Å²) in [5.41, 5.74) is 0. The van der Waals surface area contributed by atoms with E-state index in [1.54, 1.807) is 18.2 Å². The molecule has 0 saturated carbocycles. The van der Waals surface area contributed by atoms with Gasteiger partial charge in [0, 0.05) is 0 Å². The van der Waals surface area contributed by atoms with Crippen LogP contribution in [0, 0.1) is 0 Å². The van der Waals surface area contributed by atoms with Crippen molar-refractivity contribution in [3.63, 3.8) is 0 Å². The lowest BCUT2D eigenvalue weighted by Gasteiger charge is -2.17. The number of carboxylic acids is 1. The largest absolute Gasteiger partial charge is 0.480 e. The highest BCUT2D eigenvalue weighted by Gasteiger charge is 2.29. The average molecular weight is 309 g/mol. The smallest absolute Gasteiger partial charge is 0.324 e. The number of aliphatic carboxylic acids is 1. The molecule has 0 spiro atoms. The van der Waals surface area contributed by atoms with E-state index >= 15 is 0 Å². The number of hydrogen-bond donors (Lipinski definition) is 3. The summed E-state index contributed by atoms with van der Waals surface area (Å²) in [6, 6.07) is 10.1. The van der Waals surface area contributed by atoms with Crippen LogP contribution in [0.3, 0.4) is 0 Å². The van der Waals surface area contributed by atoms with Crippen LogP contribution in [-0.4, -0.2) is 36.7 Å². The van der Waals surface area contributed by atoms with E-state index < -0.39 is 28.1 Å². The number of fused-ring (bicyclic) bond motifs is 1. The highest BCUT2D eigenvalue weighted by Crippen LogP contribution is 2.19. The first kappa shape index (κ1) is 15.4. The van der Waals surface area contributed by atoms with Gasteiger partial charge in [0.15, 0.2) is 0 Å². The number of carbonyl (C=O) groups is 1. The molecule has 0 unspecified atom stereocenters. The van der Waals surface area contributed by atoms with Crippen molar-refractivity contribution in [1.82, 2.24) is 4.72 Å². The number of aliphatic hydroxyl groups is 1. The Morgan fingerprint density at radius 3 is 2.33 bits per heavy atom. The van der Waals surface area contributed by atoms with Crippen LogP contribution in [0.2, 0.25) is 0 Å². The number of nitrogens with one attached hydrogen (secondary N) is 1. The zero-order valence-corrected chi connectivity index (χ0v) is 12.0. The van der Waals surface area contributed by atoms with Crippen molar-refractivity contribution in [2.45, 2.75) is 24.0 Å². The maximum atomic E-state index is 12.2. The van der Waals surface area contributed by atoms with Gasteiger partial charge in [-0.15, -0.1) is 0 Å². The van der Waals surface area contributed by atoms with Crippen molar-refractivity contribution in [2.75, 3.05) is 0 Å². The van der Waals surface area contributed by atoms with Crippen LogP contribution >= 0.6 is 0 Å². The second kappa shape index (κ2) is 5.80. The third kappa shape index (κ3) is 3.38. The summed E-state index contributed by atoms with van der Waals surface area (Å²) in [6.45, 7) is 1.21. The molecular formula is C14H15NO5S. The lowest BCUT2D eigenvalue weighted by atomic mass is 10.1. The van der Waals surface area contributed by atoms with Gasteiger partial charge in [0.1, 0.15) is 6.04 Å². The van der Waals surface area contributed by atoms with Crippen molar-refractivity contribution in [3.05, 3.63) is 42.5 Å². The van der Waals surface area contributed by atoms with Gasteiger partial charge in [0.25, 0.3) is 0 Å². The van der Waals surface area contributed by atoms with Crippen LogP contribution in [0.4, 0.5) is 0 Å². The molecule has 7 heteroatoms.